The van der Waals surface area contributed by atoms with Gasteiger partial charge in [0.1, 0.15) is 28.7 Å². The van der Waals surface area contributed by atoms with E-state index in [1.807, 2.05) is 35.7 Å². The Labute approximate surface area is 166 Å². The van der Waals surface area contributed by atoms with Gasteiger partial charge in [-0.1, -0.05) is 12.1 Å². The normalized spacial score (nSPS) is 10.8. The number of rotatable bonds is 5. The maximum absolute atomic E-state index is 13.0. The lowest BCUT2D eigenvalue weighted by Gasteiger charge is -2.10. The second-order valence-electron chi connectivity index (χ2n) is 6.67. The fourth-order valence-corrected chi connectivity index (χ4v) is 3.08. The molecule has 2 heterocycles. The number of fused-ring (bicyclic) bond motifs is 1. The first kappa shape index (κ1) is 18.5. The van der Waals surface area contributed by atoms with Crippen LogP contribution in [0, 0.1) is 12.7 Å². The van der Waals surface area contributed by atoms with E-state index in [9.17, 15) is 14.3 Å². The topological polar surface area (TPSA) is 78.7 Å². The molecule has 3 N–H and O–H groups in total. The van der Waals surface area contributed by atoms with Crippen LogP contribution in [0.15, 0.2) is 66.9 Å². The minimum Gasteiger partial charge on any atom is -0.507 e. The zero-order chi connectivity index (χ0) is 20.4. The van der Waals surface area contributed by atoms with E-state index in [-0.39, 0.29) is 24.0 Å². The van der Waals surface area contributed by atoms with E-state index in [0.717, 1.165) is 5.56 Å². The summed E-state index contributed by atoms with van der Waals surface area (Å²) in [5.41, 5.74) is 3.36. The number of aromatic hydroxyl groups is 1. The van der Waals surface area contributed by atoms with Gasteiger partial charge >= 0.3 is 0 Å². The molecular formula is C22H19FN4O2. The second-order valence-corrected chi connectivity index (χ2v) is 6.67. The predicted octanol–water partition coefficient (Wildman–Crippen LogP) is 4.21. The lowest BCUT2D eigenvalue weighted by Crippen LogP contribution is -2.22. The van der Waals surface area contributed by atoms with Crippen LogP contribution in [0.5, 0.6) is 5.75 Å². The van der Waals surface area contributed by atoms with Crippen LogP contribution in [0.4, 0.5) is 15.9 Å². The van der Waals surface area contributed by atoms with Crippen LogP contribution in [0.25, 0.3) is 16.9 Å². The number of hydrogen-bond donors (Lipinski definition) is 3. The fraction of sp³-hybridized carbons (Fsp3) is 0.0909. The summed E-state index contributed by atoms with van der Waals surface area (Å²) in [6, 6.07) is 16.3. The highest BCUT2D eigenvalue weighted by Gasteiger charge is 2.17. The molecule has 0 aliphatic rings. The van der Waals surface area contributed by atoms with E-state index < -0.39 is 0 Å². The Kier molecular flexibility index (Phi) is 4.87. The summed E-state index contributed by atoms with van der Waals surface area (Å²) in [5, 5.41) is 16.1. The van der Waals surface area contributed by atoms with Gasteiger partial charge in [0.2, 0.25) is 5.91 Å². The van der Waals surface area contributed by atoms with E-state index in [4.69, 9.17) is 0 Å². The smallest absolute Gasteiger partial charge is 0.243 e. The number of carbonyl (C=O) groups excluding carboxylic acids is 1. The van der Waals surface area contributed by atoms with Crippen LogP contribution in [0.3, 0.4) is 0 Å². The number of hydrogen-bond acceptors (Lipinski definition) is 4. The number of aryl methyl sites for hydroxylation is 1. The first-order chi connectivity index (χ1) is 14.0. The van der Waals surface area contributed by atoms with Gasteiger partial charge in [-0.2, -0.15) is 0 Å². The fourth-order valence-electron chi connectivity index (χ4n) is 3.08. The van der Waals surface area contributed by atoms with Crippen molar-refractivity contribution in [2.45, 2.75) is 6.92 Å². The number of amides is 1. The molecule has 29 heavy (non-hydrogen) atoms. The van der Waals surface area contributed by atoms with Gasteiger partial charge < -0.3 is 15.7 Å². The van der Waals surface area contributed by atoms with Gasteiger partial charge in [-0.25, -0.2) is 9.37 Å². The highest BCUT2D eigenvalue weighted by atomic mass is 19.1. The van der Waals surface area contributed by atoms with Crippen LogP contribution in [0.1, 0.15) is 5.56 Å². The SMILES string of the molecule is Cc1ccn2c(NCC(=O)Nc3ccc(F)cc3)c(-c3ccccc3O)nc2c1. The lowest BCUT2D eigenvalue weighted by atomic mass is 10.1. The van der Waals surface area contributed by atoms with Crippen molar-refractivity contribution < 1.29 is 14.3 Å². The quantitative estimate of drug-likeness (QED) is 0.477. The van der Waals surface area contributed by atoms with Gasteiger partial charge in [-0.15, -0.1) is 0 Å². The summed E-state index contributed by atoms with van der Waals surface area (Å²) in [7, 11) is 0. The molecular weight excluding hydrogens is 371 g/mol. The van der Waals surface area contributed by atoms with Crippen LogP contribution in [-0.2, 0) is 4.79 Å². The molecule has 0 aliphatic carbocycles. The number of halogens is 1. The minimum atomic E-state index is -0.366. The first-order valence-electron chi connectivity index (χ1n) is 9.07. The van der Waals surface area contributed by atoms with Crippen LogP contribution in [-0.4, -0.2) is 26.9 Å². The molecule has 7 heteroatoms. The molecule has 0 bridgehead atoms. The van der Waals surface area contributed by atoms with Gasteiger partial charge in [-0.05, 0) is 61.0 Å². The van der Waals surface area contributed by atoms with E-state index in [1.54, 1.807) is 18.2 Å². The molecule has 4 aromatic rings. The molecule has 2 aromatic carbocycles. The lowest BCUT2D eigenvalue weighted by molar-refractivity contribution is -0.114. The predicted molar refractivity (Wildman–Crippen MR) is 111 cm³/mol. The molecule has 0 aliphatic heterocycles. The number of pyridine rings is 1. The number of nitrogens with zero attached hydrogens (tertiary/aromatic N) is 2. The first-order valence-corrected chi connectivity index (χ1v) is 9.07. The number of benzene rings is 2. The molecule has 0 unspecified atom stereocenters. The molecule has 4 rings (SSSR count). The number of phenolic OH excluding ortho intramolecular Hbond substituents is 1. The van der Waals surface area contributed by atoms with Gasteiger partial charge in [0.25, 0.3) is 0 Å². The average molecular weight is 390 g/mol. The summed E-state index contributed by atoms with van der Waals surface area (Å²) in [4.78, 5) is 17.0. The van der Waals surface area contributed by atoms with Crippen molar-refractivity contribution in [2.24, 2.45) is 0 Å². The zero-order valence-electron chi connectivity index (χ0n) is 15.7. The van der Waals surface area contributed by atoms with Crippen molar-refractivity contribution in [3.8, 4) is 17.0 Å². The summed E-state index contributed by atoms with van der Waals surface area (Å²) >= 11 is 0. The average Bonchev–Trinajstić information content (AvgIpc) is 3.05. The third-order valence-corrected chi connectivity index (χ3v) is 4.49. The Morgan fingerprint density at radius 1 is 1.14 bits per heavy atom. The van der Waals surface area contributed by atoms with Gasteiger partial charge in [0.15, 0.2) is 0 Å². The van der Waals surface area contributed by atoms with E-state index >= 15 is 0 Å². The van der Waals surface area contributed by atoms with Crippen molar-refractivity contribution in [1.29, 1.82) is 0 Å². The monoisotopic (exact) mass is 390 g/mol. The Hall–Kier alpha value is -3.87. The third-order valence-electron chi connectivity index (χ3n) is 4.49. The van der Waals surface area contributed by atoms with Gasteiger partial charge in [0.05, 0.1) is 6.54 Å². The number of imidazole rings is 1. The summed E-state index contributed by atoms with van der Waals surface area (Å²) in [6.45, 7) is 1.94. The number of aromatic nitrogens is 2. The van der Waals surface area contributed by atoms with Crippen LogP contribution in [0.2, 0.25) is 0 Å². The Morgan fingerprint density at radius 2 is 1.90 bits per heavy atom. The maximum atomic E-state index is 13.0. The molecule has 0 saturated heterocycles. The van der Waals surface area contributed by atoms with Gasteiger partial charge in [-0.3, -0.25) is 9.20 Å². The van der Waals surface area contributed by atoms with Gasteiger partial charge in [0, 0.05) is 17.4 Å². The number of para-hydroxylation sites is 1. The Bertz CT molecular complexity index is 1190. The molecule has 0 radical (unpaired) electrons. The molecule has 0 saturated carbocycles. The Balaban J connectivity index is 1.63. The van der Waals surface area contributed by atoms with Crippen molar-refractivity contribution in [3.63, 3.8) is 0 Å². The minimum absolute atomic E-state index is 0.0281. The third kappa shape index (κ3) is 3.89. The van der Waals surface area contributed by atoms with Crippen molar-refractivity contribution >= 4 is 23.1 Å². The van der Waals surface area contributed by atoms with Crippen molar-refractivity contribution in [1.82, 2.24) is 9.38 Å². The number of anilines is 2. The second kappa shape index (κ2) is 7.63. The molecule has 2 aromatic heterocycles. The number of carbonyl (C=O) groups is 1. The van der Waals surface area contributed by atoms with Crippen molar-refractivity contribution in [3.05, 3.63) is 78.2 Å². The zero-order valence-corrected chi connectivity index (χ0v) is 15.7. The largest absolute Gasteiger partial charge is 0.507 e. The molecule has 0 fully saturated rings. The maximum Gasteiger partial charge on any atom is 0.243 e. The Morgan fingerprint density at radius 3 is 2.66 bits per heavy atom. The summed E-state index contributed by atoms with van der Waals surface area (Å²) < 4.78 is 14.9. The number of nitrogens with one attached hydrogen (secondary N) is 2. The molecule has 0 spiro atoms. The summed E-state index contributed by atoms with van der Waals surface area (Å²) in [5.74, 6) is 0.0403. The van der Waals surface area contributed by atoms with Crippen molar-refractivity contribution in [2.75, 3.05) is 17.2 Å². The summed E-state index contributed by atoms with van der Waals surface area (Å²) in [6.07, 6.45) is 1.86. The number of phenols is 1. The molecule has 6 nitrogen and oxygen atoms in total. The van der Waals surface area contributed by atoms with Crippen LogP contribution < -0.4 is 10.6 Å². The standard InChI is InChI=1S/C22H19FN4O2/c1-14-10-11-27-19(12-14)26-21(17-4-2-3-5-18(17)28)22(27)24-13-20(29)25-16-8-6-15(23)7-9-16/h2-12,24,28H,13H2,1H3,(H,25,29). The molecule has 146 valence electrons. The molecule has 0 atom stereocenters. The van der Waals surface area contributed by atoms with E-state index in [1.165, 1.54) is 24.3 Å². The van der Waals surface area contributed by atoms with Crippen LogP contribution >= 0.6 is 0 Å². The highest BCUT2D eigenvalue weighted by molar-refractivity contribution is 5.94. The molecule has 1 amide bonds. The van der Waals surface area contributed by atoms with E-state index in [0.29, 0.717) is 28.4 Å². The highest BCUT2D eigenvalue weighted by Crippen LogP contribution is 2.34. The van der Waals surface area contributed by atoms with E-state index in [2.05, 4.69) is 15.6 Å².